The Labute approximate surface area is 88.4 Å². The lowest BCUT2D eigenvalue weighted by molar-refractivity contribution is 0.108. The lowest BCUT2D eigenvalue weighted by atomic mass is 9.66. The van der Waals surface area contributed by atoms with Crippen molar-refractivity contribution in [3.63, 3.8) is 0 Å². The van der Waals surface area contributed by atoms with E-state index < -0.39 is 0 Å². The molecule has 1 saturated carbocycles. The summed E-state index contributed by atoms with van der Waals surface area (Å²) >= 11 is 0. The van der Waals surface area contributed by atoms with Crippen LogP contribution in [0, 0.1) is 5.41 Å². The number of rotatable bonds is 8. The first kappa shape index (κ1) is 12.0. The van der Waals surface area contributed by atoms with E-state index in [2.05, 4.69) is 12.2 Å². The molecule has 0 aromatic rings. The summed E-state index contributed by atoms with van der Waals surface area (Å²) in [5, 5.41) is 3.51. The fourth-order valence-corrected chi connectivity index (χ4v) is 2.27. The molecule has 0 aromatic heterocycles. The van der Waals surface area contributed by atoms with Crippen LogP contribution in [0.15, 0.2) is 0 Å². The van der Waals surface area contributed by atoms with Gasteiger partial charge in [0.1, 0.15) is 0 Å². The summed E-state index contributed by atoms with van der Waals surface area (Å²) in [5.41, 5.74) is 0.656. The molecule has 0 spiro atoms. The molecule has 2 nitrogen and oxygen atoms in total. The van der Waals surface area contributed by atoms with E-state index >= 15 is 0 Å². The van der Waals surface area contributed by atoms with E-state index in [-0.39, 0.29) is 0 Å². The normalized spacial score (nSPS) is 19.3. The molecule has 0 radical (unpaired) electrons. The number of unbranched alkanes of at least 4 members (excludes halogenated alkanes) is 1. The smallest absolute Gasteiger partial charge is 0.0587 e. The van der Waals surface area contributed by atoms with Gasteiger partial charge in [0.2, 0.25) is 0 Å². The Morgan fingerprint density at radius 2 is 2.14 bits per heavy atom. The van der Waals surface area contributed by atoms with E-state index in [4.69, 9.17) is 4.74 Å². The highest BCUT2D eigenvalue weighted by molar-refractivity contribution is 4.89. The minimum Gasteiger partial charge on any atom is -0.383 e. The summed E-state index contributed by atoms with van der Waals surface area (Å²) in [4.78, 5) is 0. The molecular weight excluding hydrogens is 174 g/mol. The maximum Gasteiger partial charge on any atom is 0.0587 e. The lowest BCUT2D eigenvalue weighted by Gasteiger charge is -2.42. The maximum absolute atomic E-state index is 5.03. The molecule has 0 heterocycles. The van der Waals surface area contributed by atoms with Gasteiger partial charge in [-0.05, 0) is 24.7 Å². The van der Waals surface area contributed by atoms with Crippen LogP contribution in [-0.2, 0) is 4.74 Å². The zero-order valence-electron chi connectivity index (χ0n) is 9.77. The largest absolute Gasteiger partial charge is 0.383 e. The van der Waals surface area contributed by atoms with Crippen LogP contribution >= 0.6 is 0 Å². The Balaban J connectivity index is 2.10. The Kier molecular flexibility index (Phi) is 5.49. The third-order valence-corrected chi connectivity index (χ3v) is 3.46. The standard InChI is InChI=1S/C12H25NO/c1-3-4-6-12(7-5-8-12)11-13-9-10-14-2/h13H,3-11H2,1-2H3. The predicted molar refractivity (Wildman–Crippen MR) is 60.6 cm³/mol. The Bertz CT molecular complexity index is 143. The molecule has 0 aromatic carbocycles. The molecule has 0 saturated heterocycles. The van der Waals surface area contributed by atoms with Crippen LogP contribution in [0.25, 0.3) is 0 Å². The summed E-state index contributed by atoms with van der Waals surface area (Å²) in [6.45, 7) is 5.33. The number of hydrogen-bond acceptors (Lipinski definition) is 2. The van der Waals surface area contributed by atoms with Gasteiger partial charge < -0.3 is 10.1 Å². The molecule has 1 N–H and O–H groups in total. The van der Waals surface area contributed by atoms with Crippen molar-refractivity contribution in [2.45, 2.75) is 45.4 Å². The Morgan fingerprint density at radius 1 is 1.36 bits per heavy atom. The minimum atomic E-state index is 0.656. The average molecular weight is 199 g/mol. The van der Waals surface area contributed by atoms with Gasteiger partial charge in [0.15, 0.2) is 0 Å². The topological polar surface area (TPSA) is 21.3 Å². The highest BCUT2D eigenvalue weighted by Crippen LogP contribution is 2.44. The lowest BCUT2D eigenvalue weighted by Crippen LogP contribution is -2.40. The van der Waals surface area contributed by atoms with Crippen molar-refractivity contribution < 1.29 is 4.74 Å². The average Bonchev–Trinajstić information content (AvgIpc) is 2.15. The molecule has 2 heteroatoms. The molecule has 0 unspecified atom stereocenters. The third kappa shape index (κ3) is 3.58. The van der Waals surface area contributed by atoms with Gasteiger partial charge in [-0.25, -0.2) is 0 Å². The van der Waals surface area contributed by atoms with Crippen molar-refractivity contribution >= 4 is 0 Å². The van der Waals surface area contributed by atoms with Gasteiger partial charge in [-0.15, -0.1) is 0 Å². The third-order valence-electron chi connectivity index (χ3n) is 3.46. The minimum absolute atomic E-state index is 0.656. The molecule has 1 fully saturated rings. The monoisotopic (exact) mass is 199 g/mol. The zero-order valence-corrected chi connectivity index (χ0v) is 9.77. The number of nitrogens with one attached hydrogen (secondary N) is 1. The molecule has 1 aliphatic rings. The van der Waals surface area contributed by atoms with Gasteiger partial charge in [-0.1, -0.05) is 26.2 Å². The molecular formula is C12H25NO. The number of hydrogen-bond donors (Lipinski definition) is 1. The summed E-state index contributed by atoms with van der Waals surface area (Å²) in [6.07, 6.45) is 8.46. The fraction of sp³-hybridized carbons (Fsp3) is 1.00. The second-order valence-corrected chi connectivity index (χ2v) is 4.63. The first-order valence-electron chi connectivity index (χ1n) is 6.03. The van der Waals surface area contributed by atoms with Crippen molar-refractivity contribution in [2.24, 2.45) is 5.41 Å². The van der Waals surface area contributed by atoms with Gasteiger partial charge in [-0.3, -0.25) is 0 Å². The van der Waals surface area contributed by atoms with Gasteiger partial charge >= 0.3 is 0 Å². The highest BCUT2D eigenvalue weighted by atomic mass is 16.5. The van der Waals surface area contributed by atoms with Crippen LogP contribution in [0.1, 0.15) is 45.4 Å². The van der Waals surface area contributed by atoms with E-state index in [0.717, 1.165) is 13.2 Å². The van der Waals surface area contributed by atoms with Crippen LogP contribution < -0.4 is 5.32 Å². The van der Waals surface area contributed by atoms with Crippen molar-refractivity contribution in [3.8, 4) is 0 Å². The summed E-state index contributed by atoms with van der Waals surface area (Å²) in [7, 11) is 1.76. The van der Waals surface area contributed by atoms with Crippen molar-refractivity contribution in [1.29, 1.82) is 0 Å². The van der Waals surface area contributed by atoms with Gasteiger partial charge in [0.05, 0.1) is 6.61 Å². The Morgan fingerprint density at radius 3 is 2.64 bits per heavy atom. The maximum atomic E-state index is 5.03. The number of ether oxygens (including phenoxy) is 1. The zero-order chi connectivity index (χ0) is 10.3. The highest BCUT2D eigenvalue weighted by Gasteiger charge is 2.35. The summed E-state index contributed by atoms with van der Waals surface area (Å²) in [6, 6.07) is 0. The van der Waals surface area contributed by atoms with Crippen molar-refractivity contribution in [1.82, 2.24) is 5.32 Å². The van der Waals surface area contributed by atoms with Gasteiger partial charge in [0.25, 0.3) is 0 Å². The van der Waals surface area contributed by atoms with Crippen LogP contribution in [-0.4, -0.2) is 26.8 Å². The molecule has 0 amide bonds. The van der Waals surface area contributed by atoms with Gasteiger partial charge in [-0.2, -0.15) is 0 Å². The predicted octanol–water partition coefficient (Wildman–Crippen LogP) is 2.58. The molecule has 0 atom stereocenters. The second-order valence-electron chi connectivity index (χ2n) is 4.63. The first-order valence-corrected chi connectivity index (χ1v) is 6.03. The number of methoxy groups -OCH3 is 1. The second kappa shape index (κ2) is 6.41. The van der Waals surface area contributed by atoms with Crippen LogP contribution in [0.3, 0.4) is 0 Å². The molecule has 1 rings (SSSR count). The van der Waals surface area contributed by atoms with Crippen molar-refractivity contribution in [3.05, 3.63) is 0 Å². The van der Waals surface area contributed by atoms with Crippen LogP contribution in [0.4, 0.5) is 0 Å². The van der Waals surface area contributed by atoms with E-state index in [1.807, 2.05) is 0 Å². The molecule has 84 valence electrons. The summed E-state index contributed by atoms with van der Waals surface area (Å²) < 4.78 is 5.03. The van der Waals surface area contributed by atoms with Crippen LogP contribution in [0.5, 0.6) is 0 Å². The van der Waals surface area contributed by atoms with Crippen LogP contribution in [0.2, 0.25) is 0 Å². The molecule has 0 bridgehead atoms. The fourth-order valence-electron chi connectivity index (χ4n) is 2.27. The molecule has 0 aliphatic heterocycles. The van der Waals surface area contributed by atoms with E-state index in [0.29, 0.717) is 5.41 Å². The summed E-state index contributed by atoms with van der Waals surface area (Å²) in [5.74, 6) is 0. The van der Waals surface area contributed by atoms with Crippen molar-refractivity contribution in [2.75, 3.05) is 26.8 Å². The molecule has 14 heavy (non-hydrogen) atoms. The van der Waals surface area contributed by atoms with E-state index in [1.54, 1.807) is 7.11 Å². The van der Waals surface area contributed by atoms with Gasteiger partial charge in [0, 0.05) is 20.2 Å². The first-order chi connectivity index (χ1) is 6.83. The molecule has 1 aliphatic carbocycles. The van der Waals surface area contributed by atoms with E-state index in [9.17, 15) is 0 Å². The Hall–Kier alpha value is -0.0800. The van der Waals surface area contributed by atoms with E-state index in [1.165, 1.54) is 45.1 Å². The quantitative estimate of drug-likeness (QED) is 0.607. The SMILES string of the molecule is CCCCC1(CNCCOC)CCC1.